The van der Waals surface area contributed by atoms with Crippen molar-refractivity contribution >= 4 is 41.1 Å². The van der Waals surface area contributed by atoms with Crippen molar-refractivity contribution in [1.29, 1.82) is 0 Å². The highest BCUT2D eigenvalue weighted by molar-refractivity contribution is 8.03. The van der Waals surface area contributed by atoms with Crippen molar-refractivity contribution in [3.05, 3.63) is 34.9 Å². The number of carbonyl (C=O) groups is 1. The highest BCUT2D eigenvalue weighted by atomic mass is 35.5. The quantitative estimate of drug-likeness (QED) is 0.693. The zero-order chi connectivity index (χ0) is 15.1. The number of thioether (sulfide) groups is 2. The van der Waals surface area contributed by atoms with E-state index in [1.165, 1.54) is 38.4 Å². The van der Waals surface area contributed by atoms with Gasteiger partial charge in [-0.15, -0.1) is 11.8 Å². The summed E-state index contributed by atoms with van der Waals surface area (Å²) in [5.74, 6) is 1.28. The summed E-state index contributed by atoms with van der Waals surface area (Å²) in [4.78, 5) is 11.3. The maximum Gasteiger partial charge on any atom is 0.315 e. The van der Waals surface area contributed by atoms with Crippen molar-refractivity contribution in [2.24, 2.45) is 0 Å². The van der Waals surface area contributed by atoms with Crippen molar-refractivity contribution in [1.82, 2.24) is 0 Å². The van der Waals surface area contributed by atoms with Crippen LogP contribution in [0.25, 0.3) is 0 Å². The maximum absolute atomic E-state index is 11.3. The number of esters is 1. The summed E-state index contributed by atoms with van der Waals surface area (Å²) in [5, 5.41) is 1.99. The molecule has 0 heterocycles. The molecule has 2 atom stereocenters. The van der Waals surface area contributed by atoms with Gasteiger partial charge in [0.25, 0.3) is 0 Å². The van der Waals surface area contributed by atoms with Crippen LogP contribution in [0.1, 0.15) is 31.2 Å². The van der Waals surface area contributed by atoms with E-state index in [1.807, 2.05) is 30.0 Å². The summed E-state index contributed by atoms with van der Waals surface area (Å²) in [6, 6.07) is 8.04. The first-order valence-corrected chi connectivity index (χ1v) is 9.71. The summed E-state index contributed by atoms with van der Waals surface area (Å²) in [7, 11) is 1.45. The van der Waals surface area contributed by atoms with E-state index in [0.29, 0.717) is 16.3 Å². The summed E-state index contributed by atoms with van der Waals surface area (Å²) in [5.41, 5.74) is 1.20. The van der Waals surface area contributed by atoms with Gasteiger partial charge in [-0.25, -0.2) is 0 Å². The van der Waals surface area contributed by atoms with Gasteiger partial charge in [0.1, 0.15) is 0 Å². The van der Waals surface area contributed by atoms with E-state index < -0.39 is 0 Å². The van der Waals surface area contributed by atoms with Crippen molar-refractivity contribution in [2.45, 2.75) is 41.9 Å². The number of benzene rings is 1. The minimum absolute atomic E-state index is 0.125. The van der Waals surface area contributed by atoms with Gasteiger partial charge in [0.2, 0.25) is 0 Å². The molecule has 2 rings (SSSR count). The van der Waals surface area contributed by atoms with E-state index in [9.17, 15) is 4.79 Å². The Balaban J connectivity index is 1.87. The van der Waals surface area contributed by atoms with E-state index in [0.717, 1.165) is 10.8 Å². The number of carbonyl (C=O) groups excluding carboxylic acids is 1. The summed E-state index contributed by atoms with van der Waals surface area (Å²) in [6.07, 6.45) is 4.98. The molecular formula is C16H21ClO2S2. The van der Waals surface area contributed by atoms with E-state index in [4.69, 9.17) is 16.3 Å². The number of hydrogen-bond acceptors (Lipinski definition) is 4. The van der Waals surface area contributed by atoms with Crippen LogP contribution in [-0.4, -0.2) is 29.3 Å². The van der Waals surface area contributed by atoms with Crippen LogP contribution in [0.3, 0.4) is 0 Å². The monoisotopic (exact) mass is 344 g/mol. The molecule has 1 saturated carbocycles. The highest BCUT2D eigenvalue weighted by Gasteiger charge is 2.26. The van der Waals surface area contributed by atoms with E-state index in [-0.39, 0.29) is 5.97 Å². The van der Waals surface area contributed by atoms with Gasteiger partial charge in [-0.2, -0.15) is 11.8 Å². The first-order chi connectivity index (χ1) is 10.2. The molecular weight excluding hydrogens is 324 g/mol. The molecule has 0 radical (unpaired) electrons. The Morgan fingerprint density at radius 1 is 1.24 bits per heavy atom. The van der Waals surface area contributed by atoms with Crippen LogP contribution < -0.4 is 0 Å². The second-order valence-electron chi connectivity index (χ2n) is 5.15. The van der Waals surface area contributed by atoms with Gasteiger partial charge >= 0.3 is 5.97 Å². The lowest BCUT2D eigenvalue weighted by atomic mass is 10.00. The summed E-state index contributed by atoms with van der Waals surface area (Å²) >= 11 is 9.94. The standard InChI is InChI=1S/C16H21ClO2S2/c1-19-16(18)11-21-15-9-5-4-8-14(15)20-10-12-6-2-3-7-13(12)17/h2-3,6-7,14-15H,4-5,8-11H2,1H3. The van der Waals surface area contributed by atoms with Gasteiger partial charge in [-0.05, 0) is 24.5 Å². The van der Waals surface area contributed by atoms with E-state index in [1.54, 1.807) is 11.8 Å². The van der Waals surface area contributed by atoms with E-state index >= 15 is 0 Å². The third kappa shape index (κ3) is 5.42. The van der Waals surface area contributed by atoms with Crippen LogP contribution in [0.2, 0.25) is 5.02 Å². The Kier molecular flexibility index (Phi) is 7.27. The first-order valence-electron chi connectivity index (χ1n) is 7.24. The van der Waals surface area contributed by atoms with Crippen LogP contribution in [-0.2, 0) is 15.3 Å². The Bertz CT molecular complexity index is 467. The number of halogens is 1. The molecule has 0 amide bonds. The largest absolute Gasteiger partial charge is 0.468 e. The molecule has 5 heteroatoms. The maximum atomic E-state index is 11.3. The molecule has 0 aromatic heterocycles. The lowest BCUT2D eigenvalue weighted by molar-refractivity contribution is -0.137. The van der Waals surface area contributed by atoms with Crippen LogP contribution in [0.15, 0.2) is 24.3 Å². The Morgan fingerprint density at radius 3 is 2.57 bits per heavy atom. The molecule has 1 aromatic rings. The molecule has 0 aliphatic heterocycles. The normalized spacial score (nSPS) is 22.0. The van der Waals surface area contributed by atoms with Crippen LogP contribution in [0.4, 0.5) is 0 Å². The second-order valence-corrected chi connectivity index (χ2v) is 8.01. The lowest BCUT2D eigenvalue weighted by Gasteiger charge is -2.30. The second kappa shape index (κ2) is 8.96. The molecule has 0 bridgehead atoms. The zero-order valence-electron chi connectivity index (χ0n) is 12.2. The molecule has 0 saturated heterocycles. The summed E-state index contributed by atoms with van der Waals surface area (Å²) in [6.45, 7) is 0. The average molecular weight is 345 g/mol. The lowest BCUT2D eigenvalue weighted by Crippen LogP contribution is -2.26. The van der Waals surface area contributed by atoms with Crippen LogP contribution >= 0.6 is 35.1 Å². The minimum atomic E-state index is -0.125. The molecule has 21 heavy (non-hydrogen) atoms. The molecule has 116 valence electrons. The fourth-order valence-electron chi connectivity index (χ4n) is 2.49. The number of hydrogen-bond donors (Lipinski definition) is 0. The third-order valence-corrected chi connectivity index (χ3v) is 7.10. The average Bonchev–Trinajstić information content (AvgIpc) is 2.52. The smallest absolute Gasteiger partial charge is 0.315 e. The highest BCUT2D eigenvalue weighted by Crippen LogP contribution is 2.38. The van der Waals surface area contributed by atoms with Gasteiger partial charge in [0.15, 0.2) is 0 Å². The molecule has 0 spiro atoms. The fourth-order valence-corrected chi connectivity index (χ4v) is 5.73. The number of methoxy groups -OCH3 is 1. The number of ether oxygens (including phenoxy) is 1. The van der Waals surface area contributed by atoms with Gasteiger partial charge in [-0.1, -0.05) is 42.6 Å². The molecule has 1 aromatic carbocycles. The topological polar surface area (TPSA) is 26.3 Å². The molecule has 0 N–H and O–H groups in total. The van der Waals surface area contributed by atoms with Crippen molar-refractivity contribution in [2.75, 3.05) is 12.9 Å². The molecule has 2 unspecified atom stereocenters. The molecule has 1 aliphatic carbocycles. The predicted molar refractivity (Wildman–Crippen MR) is 93.3 cm³/mol. The van der Waals surface area contributed by atoms with Crippen LogP contribution in [0.5, 0.6) is 0 Å². The van der Waals surface area contributed by atoms with E-state index in [2.05, 4.69) is 6.07 Å². The fraction of sp³-hybridized carbons (Fsp3) is 0.562. The molecule has 1 fully saturated rings. The van der Waals surface area contributed by atoms with Gasteiger partial charge in [-0.3, -0.25) is 4.79 Å². The van der Waals surface area contributed by atoms with Gasteiger partial charge < -0.3 is 4.74 Å². The predicted octanol–water partition coefficient (Wildman–Crippen LogP) is 4.79. The van der Waals surface area contributed by atoms with Crippen molar-refractivity contribution < 1.29 is 9.53 Å². The van der Waals surface area contributed by atoms with Crippen molar-refractivity contribution in [3.63, 3.8) is 0 Å². The Labute approximate surface area is 140 Å². The SMILES string of the molecule is COC(=O)CSC1CCCCC1SCc1ccccc1Cl. The Morgan fingerprint density at radius 2 is 1.90 bits per heavy atom. The summed E-state index contributed by atoms with van der Waals surface area (Å²) < 4.78 is 4.74. The zero-order valence-corrected chi connectivity index (χ0v) is 14.6. The third-order valence-electron chi connectivity index (χ3n) is 3.70. The van der Waals surface area contributed by atoms with Crippen LogP contribution in [0, 0.1) is 0 Å². The first kappa shape index (κ1) is 17.0. The number of rotatable bonds is 6. The molecule has 1 aliphatic rings. The molecule has 2 nitrogen and oxygen atoms in total. The minimum Gasteiger partial charge on any atom is -0.468 e. The van der Waals surface area contributed by atoms with Crippen molar-refractivity contribution in [3.8, 4) is 0 Å². The van der Waals surface area contributed by atoms with Gasteiger partial charge in [0.05, 0.1) is 12.9 Å². The van der Waals surface area contributed by atoms with Gasteiger partial charge in [0, 0.05) is 21.3 Å². The Hall–Kier alpha value is -0.320.